The molecule has 0 unspecified atom stereocenters. The molecule has 0 atom stereocenters. The Morgan fingerprint density at radius 3 is 2.54 bits per heavy atom. The molecule has 0 saturated heterocycles. The lowest BCUT2D eigenvalue weighted by atomic mass is 10.0. The van der Waals surface area contributed by atoms with E-state index in [1.165, 1.54) is 11.3 Å². The molecule has 4 rings (SSSR count). The Kier molecular flexibility index (Phi) is 4.10. The van der Waals surface area contributed by atoms with Gasteiger partial charge in [0.25, 0.3) is 0 Å². The van der Waals surface area contributed by atoms with E-state index < -0.39 is 5.91 Å². The summed E-state index contributed by atoms with van der Waals surface area (Å²) in [6, 6.07) is 15.9. The number of anilines is 1. The van der Waals surface area contributed by atoms with Gasteiger partial charge in [0.15, 0.2) is 0 Å². The highest BCUT2D eigenvalue weighted by Gasteiger charge is 2.18. The zero-order valence-electron chi connectivity index (χ0n) is 13.8. The molecule has 0 spiro atoms. The van der Waals surface area contributed by atoms with E-state index in [1.54, 1.807) is 12.4 Å². The van der Waals surface area contributed by atoms with Crippen molar-refractivity contribution in [1.82, 2.24) is 9.97 Å². The largest absolute Gasteiger partial charge is 0.397 e. The van der Waals surface area contributed by atoms with Gasteiger partial charge >= 0.3 is 0 Å². The number of pyridine rings is 2. The summed E-state index contributed by atoms with van der Waals surface area (Å²) >= 11 is 1.41. The molecule has 1 aromatic carbocycles. The van der Waals surface area contributed by atoms with Gasteiger partial charge in [-0.05, 0) is 17.7 Å². The van der Waals surface area contributed by atoms with Crippen molar-refractivity contribution in [2.45, 2.75) is 6.42 Å². The number of aromatic nitrogens is 2. The number of nitrogen functional groups attached to an aromatic ring is 1. The summed E-state index contributed by atoms with van der Waals surface area (Å²) in [6.45, 7) is 0. The Morgan fingerprint density at radius 1 is 1.08 bits per heavy atom. The molecule has 5 nitrogen and oxygen atoms in total. The van der Waals surface area contributed by atoms with Crippen LogP contribution in [0.25, 0.3) is 32.6 Å². The van der Waals surface area contributed by atoms with Crippen molar-refractivity contribution in [1.29, 1.82) is 0 Å². The first-order valence-electron chi connectivity index (χ1n) is 8.09. The van der Waals surface area contributed by atoms with Crippen molar-refractivity contribution in [2.75, 3.05) is 5.73 Å². The minimum atomic E-state index is -0.408. The highest BCUT2D eigenvalue weighted by atomic mass is 32.1. The Labute approximate surface area is 154 Å². The van der Waals surface area contributed by atoms with E-state index in [-0.39, 0.29) is 6.42 Å². The molecule has 26 heavy (non-hydrogen) atoms. The second kappa shape index (κ2) is 6.57. The number of carbonyl (C=O) groups is 1. The summed E-state index contributed by atoms with van der Waals surface area (Å²) in [5.74, 6) is -0.408. The topological polar surface area (TPSA) is 94.9 Å². The molecule has 0 bridgehead atoms. The van der Waals surface area contributed by atoms with Crippen LogP contribution in [0, 0.1) is 0 Å². The standard InChI is InChI=1S/C20H16N4OS/c21-17(25)10-16-19(22)18-14(13-7-4-8-23-11-13)9-15(24-20(18)26-16)12-5-2-1-3-6-12/h1-9,11H,10,22H2,(H2,21,25). The number of hydrogen-bond acceptors (Lipinski definition) is 5. The van der Waals surface area contributed by atoms with Crippen molar-refractivity contribution < 1.29 is 4.79 Å². The average Bonchev–Trinajstić information content (AvgIpc) is 2.97. The van der Waals surface area contributed by atoms with E-state index in [0.717, 1.165) is 37.5 Å². The zero-order valence-corrected chi connectivity index (χ0v) is 14.7. The van der Waals surface area contributed by atoms with E-state index in [2.05, 4.69) is 4.98 Å². The third-order valence-electron chi connectivity index (χ3n) is 4.15. The molecule has 0 aliphatic heterocycles. The molecule has 128 valence electrons. The number of hydrogen-bond donors (Lipinski definition) is 2. The molecule has 0 radical (unpaired) electrons. The number of primary amides is 1. The molecule has 4 aromatic rings. The van der Waals surface area contributed by atoms with Crippen LogP contribution in [-0.4, -0.2) is 15.9 Å². The van der Waals surface area contributed by atoms with Gasteiger partial charge in [-0.15, -0.1) is 11.3 Å². The normalized spacial score (nSPS) is 10.9. The van der Waals surface area contributed by atoms with E-state index in [0.29, 0.717) is 5.69 Å². The molecule has 0 aliphatic carbocycles. The third-order valence-corrected chi connectivity index (χ3v) is 5.25. The van der Waals surface area contributed by atoms with Crippen molar-refractivity contribution in [3.8, 4) is 22.4 Å². The number of carbonyl (C=O) groups excluding carboxylic acids is 1. The van der Waals surface area contributed by atoms with Crippen LogP contribution in [0.3, 0.4) is 0 Å². The van der Waals surface area contributed by atoms with E-state index in [4.69, 9.17) is 16.5 Å². The minimum absolute atomic E-state index is 0.111. The zero-order chi connectivity index (χ0) is 18.1. The second-order valence-corrected chi connectivity index (χ2v) is 7.01. The van der Waals surface area contributed by atoms with Crippen molar-refractivity contribution in [3.63, 3.8) is 0 Å². The van der Waals surface area contributed by atoms with Gasteiger partial charge in [-0.2, -0.15) is 0 Å². The van der Waals surface area contributed by atoms with Gasteiger partial charge in [0.1, 0.15) is 4.83 Å². The van der Waals surface area contributed by atoms with E-state index >= 15 is 0 Å². The predicted molar refractivity (Wildman–Crippen MR) is 106 cm³/mol. The number of thiophene rings is 1. The molecule has 1 amide bonds. The molecule has 3 heterocycles. The Morgan fingerprint density at radius 2 is 1.85 bits per heavy atom. The number of fused-ring (bicyclic) bond motifs is 1. The molecule has 6 heteroatoms. The van der Waals surface area contributed by atoms with Crippen LogP contribution in [0.15, 0.2) is 60.9 Å². The van der Waals surface area contributed by atoms with Crippen LogP contribution >= 0.6 is 11.3 Å². The van der Waals surface area contributed by atoms with Gasteiger partial charge < -0.3 is 11.5 Å². The molecule has 0 saturated carbocycles. The summed E-state index contributed by atoms with van der Waals surface area (Å²) in [4.78, 5) is 21.9. The summed E-state index contributed by atoms with van der Waals surface area (Å²) in [7, 11) is 0. The Bertz CT molecular complexity index is 1090. The van der Waals surface area contributed by atoms with Crippen molar-refractivity contribution in [3.05, 3.63) is 65.8 Å². The van der Waals surface area contributed by atoms with E-state index in [9.17, 15) is 4.79 Å². The lowest BCUT2D eigenvalue weighted by Gasteiger charge is -2.08. The lowest BCUT2D eigenvalue weighted by molar-refractivity contribution is -0.117. The van der Waals surface area contributed by atoms with Gasteiger partial charge in [0, 0.05) is 33.8 Å². The fraction of sp³-hybridized carbons (Fsp3) is 0.0500. The lowest BCUT2D eigenvalue weighted by Crippen LogP contribution is -2.13. The number of amides is 1. The van der Waals surface area contributed by atoms with Gasteiger partial charge in [0.05, 0.1) is 17.8 Å². The average molecular weight is 360 g/mol. The maximum Gasteiger partial charge on any atom is 0.222 e. The van der Waals surface area contributed by atoms with E-state index in [1.807, 2.05) is 48.5 Å². The molecular weight excluding hydrogens is 344 g/mol. The molecule has 3 aromatic heterocycles. The fourth-order valence-electron chi connectivity index (χ4n) is 2.96. The van der Waals surface area contributed by atoms with Crippen LogP contribution in [0.2, 0.25) is 0 Å². The van der Waals surface area contributed by atoms with Crippen LogP contribution in [0.4, 0.5) is 5.69 Å². The summed E-state index contributed by atoms with van der Waals surface area (Å²) in [5, 5.41) is 0.846. The molecule has 4 N–H and O–H groups in total. The first-order valence-corrected chi connectivity index (χ1v) is 8.91. The summed E-state index contributed by atoms with van der Waals surface area (Å²) in [6.07, 6.45) is 3.64. The summed E-state index contributed by atoms with van der Waals surface area (Å²) in [5.41, 5.74) is 16.1. The first-order chi connectivity index (χ1) is 12.6. The number of rotatable bonds is 4. The highest BCUT2D eigenvalue weighted by Crippen LogP contribution is 2.41. The van der Waals surface area contributed by atoms with Crippen molar-refractivity contribution in [2.24, 2.45) is 5.73 Å². The van der Waals surface area contributed by atoms with Gasteiger partial charge in [-0.3, -0.25) is 9.78 Å². The van der Waals surface area contributed by atoms with Crippen LogP contribution in [0.5, 0.6) is 0 Å². The number of nitrogens with two attached hydrogens (primary N) is 2. The van der Waals surface area contributed by atoms with Crippen LogP contribution in [0.1, 0.15) is 4.88 Å². The smallest absolute Gasteiger partial charge is 0.222 e. The third kappa shape index (κ3) is 2.91. The number of benzene rings is 1. The predicted octanol–water partition coefficient (Wildman–Crippen LogP) is 3.64. The Balaban J connectivity index is 2.01. The Hall–Kier alpha value is -3.25. The molecule has 0 aliphatic rings. The van der Waals surface area contributed by atoms with Gasteiger partial charge in [0.2, 0.25) is 5.91 Å². The van der Waals surface area contributed by atoms with Crippen molar-refractivity contribution >= 4 is 33.1 Å². The van der Waals surface area contributed by atoms with Gasteiger partial charge in [-0.1, -0.05) is 36.4 Å². The number of nitrogens with zero attached hydrogens (tertiary/aromatic N) is 2. The van der Waals surface area contributed by atoms with Crippen LogP contribution in [-0.2, 0) is 11.2 Å². The first kappa shape index (κ1) is 16.2. The quantitative estimate of drug-likeness (QED) is 0.581. The molecule has 0 fully saturated rings. The SMILES string of the molecule is NC(=O)Cc1sc2nc(-c3ccccc3)cc(-c3cccnc3)c2c1N. The van der Waals surface area contributed by atoms with Crippen LogP contribution < -0.4 is 11.5 Å². The maximum atomic E-state index is 11.4. The maximum absolute atomic E-state index is 11.4. The monoisotopic (exact) mass is 360 g/mol. The fourth-order valence-corrected chi connectivity index (χ4v) is 4.09. The molecular formula is C20H16N4OS. The summed E-state index contributed by atoms with van der Waals surface area (Å²) < 4.78 is 0. The second-order valence-electron chi connectivity index (χ2n) is 5.92. The minimum Gasteiger partial charge on any atom is -0.397 e. The van der Waals surface area contributed by atoms with Gasteiger partial charge in [-0.25, -0.2) is 4.98 Å². The highest BCUT2D eigenvalue weighted by molar-refractivity contribution is 7.19.